The molecule has 1 aromatic heterocycles. The Labute approximate surface area is 240 Å². The van der Waals surface area contributed by atoms with Crippen molar-refractivity contribution in [3.63, 3.8) is 0 Å². The number of Topliss-reactive ketones (excluding diaryl/α,β-unsaturated/α-hetero) is 1. The van der Waals surface area contributed by atoms with Gasteiger partial charge in [-0.3, -0.25) is 14.5 Å². The minimum Gasteiger partial charge on any atom is -0.507 e. The van der Waals surface area contributed by atoms with Crippen molar-refractivity contribution in [3.05, 3.63) is 125 Å². The predicted octanol–water partition coefficient (Wildman–Crippen LogP) is 6.82. The molecule has 0 spiro atoms. The SMILES string of the molecule is COc1ccc(C(O)=C2C(=O)C(=O)N(c3nc4ccc(C)cc4s3)C2c2cccc(OCc3ccccc3)c2)cc1. The normalized spacial score (nSPS) is 16.3. The van der Waals surface area contributed by atoms with Gasteiger partial charge in [0.15, 0.2) is 5.13 Å². The highest BCUT2D eigenvalue weighted by Gasteiger charge is 2.48. The maximum absolute atomic E-state index is 13.6. The quantitative estimate of drug-likeness (QED) is 0.133. The number of fused-ring (bicyclic) bond motifs is 1. The molecule has 41 heavy (non-hydrogen) atoms. The molecule has 5 aromatic rings. The van der Waals surface area contributed by atoms with Crippen molar-refractivity contribution in [1.82, 2.24) is 4.98 Å². The van der Waals surface area contributed by atoms with E-state index in [-0.39, 0.29) is 11.3 Å². The number of aliphatic hydroxyl groups is 1. The topological polar surface area (TPSA) is 89.0 Å². The van der Waals surface area contributed by atoms with E-state index in [1.807, 2.05) is 73.7 Å². The minimum atomic E-state index is -0.918. The highest BCUT2D eigenvalue weighted by Crippen LogP contribution is 2.45. The number of amides is 1. The molecule has 8 heteroatoms. The zero-order valence-corrected chi connectivity index (χ0v) is 23.2. The molecule has 1 amide bonds. The summed E-state index contributed by atoms with van der Waals surface area (Å²) in [5.74, 6) is -0.634. The average Bonchev–Trinajstić information content (AvgIpc) is 3.53. The third kappa shape index (κ3) is 5.05. The molecule has 0 bridgehead atoms. The van der Waals surface area contributed by atoms with Crippen molar-refractivity contribution in [1.29, 1.82) is 0 Å². The molecule has 0 radical (unpaired) electrons. The third-order valence-corrected chi connectivity index (χ3v) is 7.99. The molecule has 1 atom stereocenters. The second-order valence-corrected chi connectivity index (χ2v) is 10.7. The van der Waals surface area contributed by atoms with E-state index in [1.165, 1.54) is 16.2 Å². The van der Waals surface area contributed by atoms with Gasteiger partial charge in [-0.25, -0.2) is 4.98 Å². The van der Waals surface area contributed by atoms with Crippen LogP contribution in [0.2, 0.25) is 0 Å². The van der Waals surface area contributed by atoms with E-state index >= 15 is 0 Å². The van der Waals surface area contributed by atoms with Crippen molar-refractivity contribution in [2.75, 3.05) is 12.0 Å². The largest absolute Gasteiger partial charge is 0.507 e. The number of carbonyl (C=O) groups is 2. The van der Waals surface area contributed by atoms with Crippen LogP contribution in [-0.4, -0.2) is 28.9 Å². The molecule has 0 saturated carbocycles. The summed E-state index contributed by atoms with van der Waals surface area (Å²) in [6.45, 7) is 2.34. The van der Waals surface area contributed by atoms with Crippen LogP contribution in [0, 0.1) is 6.92 Å². The number of ketones is 1. The number of hydrogen-bond acceptors (Lipinski definition) is 7. The number of methoxy groups -OCH3 is 1. The van der Waals surface area contributed by atoms with Gasteiger partial charge in [0.05, 0.1) is 28.9 Å². The summed E-state index contributed by atoms with van der Waals surface area (Å²) in [5, 5.41) is 11.8. The number of benzene rings is 4. The lowest BCUT2D eigenvalue weighted by Gasteiger charge is -2.23. The Balaban J connectivity index is 1.47. The number of aryl methyl sites for hydroxylation is 1. The minimum absolute atomic E-state index is 0.0178. The first-order valence-electron chi connectivity index (χ1n) is 13.0. The van der Waals surface area contributed by atoms with Gasteiger partial charge >= 0.3 is 5.91 Å². The van der Waals surface area contributed by atoms with E-state index < -0.39 is 17.7 Å². The molecule has 1 unspecified atom stereocenters. The Morgan fingerprint density at radius 2 is 1.71 bits per heavy atom. The summed E-state index contributed by atoms with van der Waals surface area (Å²) in [6, 6.07) is 28.6. The van der Waals surface area contributed by atoms with Crippen molar-refractivity contribution in [2.24, 2.45) is 0 Å². The van der Waals surface area contributed by atoms with Crippen molar-refractivity contribution in [3.8, 4) is 11.5 Å². The number of thiazole rings is 1. The van der Waals surface area contributed by atoms with Crippen LogP contribution in [0.1, 0.15) is 28.3 Å². The van der Waals surface area contributed by atoms with Gasteiger partial charge in [0.2, 0.25) is 0 Å². The summed E-state index contributed by atoms with van der Waals surface area (Å²) >= 11 is 1.33. The van der Waals surface area contributed by atoms with Gasteiger partial charge in [-0.2, -0.15) is 0 Å². The van der Waals surface area contributed by atoms with Crippen LogP contribution in [0.4, 0.5) is 5.13 Å². The standard InChI is InChI=1S/C33H26N2O5S/c1-20-11-16-26-27(17-20)41-33(34-26)35-29(23-9-6-10-25(18-23)40-19-21-7-4-3-5-8-21)28(31(37)32(35)38)30(36)22-12-14-24(39-2)15-13-22/h3-18,29,36H,19H2,1-2H3. The van der Waals surface area contributed by atoms with Crippen molar-refractivity contribution in [2.45, 2.75) is 19.6 Å². The average molecular weight is 563 g/mol. The lowest BCUT2D eigenvalue weighted by Crippen LogP contribution is -2.29. The van der Waals surface area contributed by atoms with E-state index in [4.69, 9.17) is 14.5 Å². The number of anilines is 1. The Bertz CT molecular complexity index is 1790. The smallest absolute Gasteiger partial charge is 0.301 e. The monoisotopic (exact) mass is 562 g/mol. The Morgan fingerprint density at radius 1 is 0.927 bits per heavy atom. The van der Waals surface area contributed by atoms with E-state index in [9.17, 15) is 14.7 Å². The highest BCUT2D eigenvalue weighted by atomic mass is 32.1. The maximum Gasteiger partial charge on any atom is 0.301 e. The molecule has 1 aliphatic heterocycles. The van der Waals surface area contributed by atoms with Crippen molar-refractivity contribution < 1.29 is 24.2 Å². The number of nitrogens with zero attached hydrogens (tertiary/aromatic N) is 2. The molecule has 6 rings (SSSR count). The zero-order chi connectivity index (χ0) is 28.5. The number of carbonyl (C=O) groups excluding carboxylic acids is 2. The van der Waals surface area contributed by atoms with E-state index in [2.05, 4.69) is 0 Å². The summed E-state index contributed by atoms with van der Waals surface area (Å²) < 4.78 is 12.2. The number of aromatic nitrogens is 1. The van der Waals surface area contributed by atoms with Gasteiger partial charge in [-0.1, -0.05) is 59.9 Å². The van der Waals surface area contributed by atoms with Crippen LogP contribution in [0.5, 0.6) is 11.5 Å². The van der Waals surface area contributed by atoms with Gasteiger partial charge in [-0.15, -0.1) is 0 Å². The molecule has 1 saturated heterocycles. The lowest BCUT2D eigenvalue weighted by atomic mass is 9.95. The first kappa shape index (κ1) is 26.3. The summed E-state index contributed by atoms with van der Waals surface area (Å²) in [5.41, 5.74) is 3.79. The zero-order valence-electron chi connectivity index (χ0n) is 22.4. The maximum atomic E-state index is 13.6. The first-order valence-corrected chi connectivity index (χ1v) is 13.8. The van der Waals surface area contributed by atoms with Crippen molar-refractivity contribution >= 4 is 44.1 Å². The van der Waals surface area contributed by atoms with Crippen LogP contribution < -0.4 is 14.4 Å². The third-order valence-electron chi connectivity index (χ3n) is 6.97. The summed E-state index contributed by atoms with van der Waals surface area (Å²) in [6.07, 6.45) is 0. The molecular weight excluding hydrogens is 536 g/mol. The second-order valence-electron chi connectivity index (χ2n) is 9.71. The Hall–Kier alpha value is -4.95. The second kappa shape index (κ2) is 10.9. The molecule has 1 N–H and O–H groups in total. The first-order chi connectivity index (χ1) is 19.9. The molecule has 0 aliphatic carbocycles. The van der Waals surface area contributed by atoms with Crippen LogP contribution in [0.3, 0.4) is 0 Å². The summed E-state index contributed by atoms with van der Waals surface area (Å²) in [4.78, 5) is 33.3. The van der Waals surface area contributed by atoms with Crippen LogP contribution in [0.25, 0.3) is 16.0 Å². The summed E-state index contributed by atoms with van der Waals surface area (Å²) in [7, 11) is 1.55. The van der Waals surface area contributed by atoms with Gasteiger partial charge in [0, 0.05) is 5.56 Å². The fourth-order valence-corrected chi connectivity index (χ4v) is 5.98. The van der Waals surface area contributed by atoms with Crippen LogP contribution in [-0.2, 0) is 16.2 Å². The Morgan fingerprint density at radius 3 is 2.46 bits per heavy atom. The Kier molecular flexibility index (Phi) is 6.99. The number of aliphatic hydroxyl groups excluding tert-OH is 1. The molecule has 204 valence electrons. The highest BCUT2D eigenvalue weighted by molar-refractivity contribution is 7.22. The molecule has 7 nitrogen and oxygen atoms in total. The molecule has 4 aromatic carbocycles. The van der Waals surface area contributed by atoms with Crippen LogP contribution in [0.15, 0.2) is 103 Å². The molecule has 1 fully saturated rings. The number of hydrogen-bond donors (Lipinski definition) is 1. The van der Waals surface area contributed by atoms with Gasteiger partial charge in [0.25, 0.3) is 5.78 Å². The number of rotatable bonds is 7. The lowest BCUT2D eigenvalue weighted by molar-refractivity contribution is -0.132. The predicted molar refractivity (Wildman–Crippen MR) is 159 cm³/mol. The van der Waals surface area contributed by atoms with E-state index in [0.717, 1.165) is 21.3 Å². The fourth-order valence-electron chi connectivity index (χ4n) is 4.89. The number of ether oxygens (including phenoxy) is 2. The molecular formula is C33H26N2O5S. The van der Waals surface area contributed by atoms with Crippen LogP contribution >= 0.6 is 11.3 Å². The fraction of sp³-hybridized carbons (Fsp3) is 0.121. The molecule has 2 heterocycles. The van der Waals surface area contributed by atoms with Gasteiger partial charge < -0.3 is 14.6 Å². The van der Waals surface area contributed by atoms with E-state index in [1.54, 1.807) is 37.4 Å². The molecule has 1 aliphatic rings. The van der Waals surface area contributed by atoms with Gasteiger partial charge in [-0.05, 0) is 72.1 Å². The van der Waals surface area contributed by atoms with E-state index in [0.29, 0.717) is 34.4 Å². The van der Waals surface area contributed by atoms with Gasteiger partial charge in [0.1, 0.15) is 23.9 Å².